The summed E-state index contributed by atoms with van der Waals surface area (Å²) in [6.07, 6.45) is 6.95. The molecule has 8 heteroatoms. The number of rotatable bonds is 4. The number of hydrogen-bond donors (Lipinski definition) is 4. The number of aromatic amines is 2. The Balaban J connectivity index is 1.39. The molecule has 8 nitrogen and oxygen atoms in total. The van der Waals surface area contributed by atoms with Gasteiger partial charge in [-0.25, -0.2) is 9.97 Å². The molecule has 4 N–H and O–H groups in total. The van der Waals surface area contributed by atoms with Gasteiger partial charge in [0.15, 0.2) is 0 Å². The fraction of sp³-hybridized carbons (Fsp3) is 0. The Hall–Kier alpha value is -3.94. The first-order chi connectivity index (χ1) is 12.8. The Morgan fingerprint density at radius 1 is 0.692 bits per heavy atom. The van der Waals surface area contributed by atoms with Gasteiger partial charge in [-0.3, -0.25) is 9.97 Å². The molecule has 0 unspecified atom stereocenters. The molecule has 126 valence electrons. The minimum atomic E-state index is 0.667. The minimum Gasteiger partial charge on any atom is -0.326 e. The van der Waals surface area contributed by atoms with Gasteiger partial charge in [0.05, 0.1) is 34.5 Å². The molecule has 1 aromatic carbocycles. The highest BCUT2D eigenvalue weighted by molar-refractivity contribution is 5.79. The number of fused-ring (bicyclic) bond motifs is 2. The van der Waals surface area contributed by atoms with Crippen molar-refractivity contribution in [3.8, 4) is 0 Å². The fourth-order valence-electron chi connectivity index (χ4n) is 2.78. The van der Waals surface area contributed by atoms with Crippen molar-refractivity contribution in [1.82, 2.24) is 29.9 Å². The minimum absolute atomic E-state index is 0.667. The molecule has 5 aromatic rings. The van der Waals surface area contributed by atoms with Crippen molar-refractivity contribution in [1.29, 1.82) is 0 Å². The summed E-state index contributed by atoms with van der Waals surface area (Å²) in [5, 5.41) is 6.54. The maximum Gasteiger partial charge on any atom is 0.205 e. The van der Waals surface area contributed by atoms with Crippen molar-refractivity contribution in [2.45, 2.75) is 0 Å². The Labute approximate surface area is 147 Å². The molecule has 0 amide bonds. The number of aromatic nitrogens is 6. The molecule has 0 radical (unpaired) electrons. The first-order valence-electron chi connectivity index (χ1n) is 8.07. The molecule has 5 rings (SSSR count). The number of H-pyrrole nitrogens is 2. The highest BCUT2D eigenvalue weighted by Crippen LogP contribution is 2.23. The fourth-order valence-corrected chi connectivity index (χ4v) is 2.78. The van der Waals surface area contributed by atoms with Crippen molar-refractivity contribution in [2.75, 3.05) is 10.6 Å². The number of imidazole rings is 2. The van der Waals surface area contributed by atoms with E-state index in [-0.39, 0.29) is 0 Å². The third-order valence-corrected chi connectivity index (χ3v) is 3.95. The number of benzene rings is 1. The van der Waals surface area contributed by atoms with Gasteiger partial charge in [0, 0.05) is 23.8 Å². The maximum atomic E-state index is 4.50. The second-order valence-corrected chi connectivity index (χ2v) is 5.79. The molecule has 0 fully saturated rings. The van der Waals surface area contributed by atoms with E-state index in [1.807, 2.05) is 36.4 Å². The van der Waals surface area contributed by atoms with Crippen LogP contribution in [0.15, 0.2) is 61.2 Å². The molecule has 0 aliphatic carbocycles. The van der Waals surface area contributed by atoms with E-state index >= 15 is 0 Å². The molecule has 0 saturated heterocycles. The van der Waals surface area contributed by atoms with Crippen molar-refractivity contribution < 1.29 is 0 Å². The Morgan fingerprint density at radius 2 is 1.23 bits per heavy atom. The van der Waals surface area contributed by atoms with Crippen LogP contribution in [0.1, 0.15) is 0 Å². The predicted octanol–water partition coefficient (Wildman–Crippen LogP) is 3.72. The average Bonchev–Trinajstić information content (AvgIpc) is 3.24. The first-order valence-corrected chi connectivity index (χ1v) is 8.07. The zero-order valence-corrected chi connectivity index (χ0v) is 13.6. The van der Waals surface area contributed by atoms with Crippen LogP contribution < -0.4 is 10.6 Å². The topological polar surface area (TPSA) is 107 Å². The van der Waals surface area contributed by atoms with E-state index in [1.54, 1.807) is 24.8 Å². The van der Waals surface area contributed by atoms with Crippen LogP contribution in [0.5, 0.6) is 0 Å². The maximum absolute atomic E-state index is 4.50. The second-order valence-electron chi connectivity index (χ2n) is 5.79. The van der Waals surface area contributed by atoms with Crippen LogP contribution in [-0.4, -0.2) is 29.9 Å². The van der Waals surface area contributed by atoms with Crippen LogP contribution in [0, 0.1) is 0 Å². The highest BCUT2D eigenvalue weighted by Gasteiger charge is 2.05. The molecular weight excluding hydrogens is 328 g/mol. The number of nitrogens with zero attached hydrogens (tertiary/aromatic N) is 4. The van der Waals surface area contributed by atoms with Gasteiger partial charge < -0.3 is 20.6 Å². The summed E-state index contributed by atoms with van der Waals surface area (Å²) in [6, 6.07) is 11.6. The Kier molecular flexibility index (Phi) is 3.24. The summed E-state index contributed by atoms with van der Waals surface area (Å²) in [7, 11) is 0. The normalized spacial score (nSPS) is 11.1. The number of anilines is 4. The zero-order valence-electron chi connectivity index (χ0n) is 13.6. The Morgan fingerprint density at radius 3 is 1.73 bits per heavy atom. The van der Waals surface area contributed by atoms with Crippen molar-refractivity contribution in [3.63, 3.8) is 0 Å². The third-order valence-electron chi connectivity index (χ3n) is 3.95. The van der Waals surface area contributed by atoms with Crippen molar-refractivity contribution >= 4 is 45.3 Å². The van der Waals surface area contributed by atoms with Gasteiger partial charge in [-0.2, -0.15) is 0 Å². The lowest BCUT2D eigenvalue weighted by Crippen LogP contribution is -1.95. The van der Waals surface area contributed by atoms with Gasteiger partial charge in [-0.15, -0.1) is 0 Å². The summed E-state index contributed by atoms with van der Waals surface area (Å²) in [4.78, 5) is 23.6. The molecule has 26 heavy (non-hydrogen) atoms. The van der Waals surface area contributed by atoms with E-state index in [9.17, 15) is 0 Å². The molecular formula is C18H14N8. The van der Waals surface area contributed by atoms with Crippen LogP contribution in [0.2, 0.25) is 0 Å². The lowest BCUT2D eigenvalue weighted by molar-refractivity contribution is 1.29. The first kappa shape index (κ1) is 14.4. The number of hydrogen-bond acceptors (Lipinski definition) is 6. The zero-order chi connectivity index (χ0) is 17.3. The molecule has 0 aliphatic heterocycles. The standard InChI is InChI=1S/C18H14N8/c1-2-11(21-17-23-13-4-6-19-9-15(13)25-17)8-12(3-1)22-18-24-14-5-7-20-10-16(14)26-18/h1-10H,(H2,21,23,25)(H2,22,24,26). The summed E-state index contributed by atoms with van der Waals surface area (Å²) in [5.74, 6) is 1.33. The van der Waals surface area contributed by atoms with E-state index in [0.717, 1.165) is 33.4 Å². The van der Waals surface area contributed by atoms with Crippen LogP contribution in [0.4, 0.5) is 23.3 Å². The summed E-state index contributed by atoms with van der Waals surface area (Å²) in [6.45, 7) is 0. The molecule has 0 atom stereocenters. The molecule has 0 aliphatic rings. The van der Waals surface area contributed by atoms with Gasteiger partial charge in [0.25, 0.3) is 0 Å². The molecule has 0 bridgehead atoms. The molecule has 0 saturated carbocycles. The monoisotopic (exact) mass is 342 g/mol. The van der Waals surface area contributed by atoms with Gasteiger partial charge >= 0.3 is 0 Å². The van der Waals surface area contributed by atoms with Crippen LogP contribution in [-0.2, 0) is 0 Å². The molecule has 4 heterocycles. The Bertz CT molecular complexity index is 1050. The number of nitrogens with one attached hydrogen (secondary N) is 4. The third kappa shape index (κ3) is 2.69. The van der Waals surface area contributed by atoms with Crippen LogP contribution in [0.3, 0.4) is 0 Å². The lowest BCUT2D eigenvalue weighted by atomic mass is 10.3. The van der Waals surface area contributed by atoms with E-state index in [2.05, 4.69) is 40.5 Å². The second kappa shape index (κ2) is 5.85. The van der Waals surface area contributed by atoms with Gasteiger partial charge in [-0.05, 0) is 30.3 Å². The van der Waals surface area contributed by atoms with Gasteiger partial charge in [0.2, 0.25) is 11.9 Å². The summed E-state index contributed by atoms with van der Waals surface area (Å²) in [5.41, 5.74) is 5.32. The highest BCUT2D eigenvalue weighted by atomic mass is 15.1. The molecule has 0 spiro atoms. The van der Waals surface area contributed by atoms with Crippen LogP contribution in [0.25, 0.3) is 22.1 Å². The lowest BCUT2D eigenvalue weighted by Gasteiger charge is -2.07. The van der Waals surface area contributed by atoms with E-state index < -0.39 is 0 Å². The van der Waals surface area contributed by atoms with Crippen LogP contribution >= 0.6 is 0 Å². The van der Waals surface area contributed by atoms with E-state index in [1.165, 1.54) is 0 Å². The van der Waals surface area contributed by atoms with Gasteiger partial charge in [-0.1, -0.05) is 6.07 Å². The van der Waals surface area contributed by atoms with E-state index in [4.69, 9.17) is 0 Å². The smallest absolute Gasteiger partial charge is 0.205 e. The predicted molar refractivity (Wildman–Crippen MR) is 101 cm³/mol. The van der Waals surface area contributed by atoms with E-state index in [0.29, 0.717) is 11.9 Å². The van der Waals surface area contributed by atoms with Crippen molar-refractivity contribution in [2.24, 2.45) is 0 Å². The SMILES string of the molecule is c1cc(Nc2nc3ccncc3[nH]2)cc(Nc2nc3ccncc3[nH]2)c1. The van der Waals surface area contributed by atoms with Crippen molar-refractivity contribution in [3.05, 3.63) is 61.2 Å². The molecule has 4 aromatic heterocycles. The summed E-state index contributed by atoms with van der Waals surface area (Å²) >= 11 is 0. The quantitative estimate of drug-likeness (QED) is 0.396. The number of pyridine rings is 2. The largest absolute Gasteiger partial charge is 0.326 e. The van der Waals surface area contributed by atoms with Gasteiger partial charge in [0.1, 0.15) is 0 Å². The summed E-state index contributed by atoms with van der Waals surface area (Å²) < 4.78 is 0. The average molecular weight is 342 g/mol.